The predicted molar refractivity (Wildman–Crippen MR) is 134 cm³/mol. The summed E-state index contributed by atoms with van der Waals surface area (Å²) in [5, 5.41) is -0.346. The molecule has 4 aromatic rings. The number of halogens is 6. The summed E-state index contributed by atoms with van der Waals surface area (Å²) in [6.07, 6.45) is 0. The van der Waals surface area contributed by atoms with Gasteiger partial charge in [-0.1, -0.05) is 54.6 Å². The molecule has 0 aliphatic rings. The summed E-state index contributed by atoms with van der Waals surface area (Å²) < 4.78 is 138. The highest BCUT2D eigenvalue weighted by Crippen LogP contribution is 2.47. The molecule has 0 radical (unpaired) electrons. The number of carbonyl (C=O) groups excluding carboxylic acids is 1. The first kappa shape index (κ1) is 29.3. The molecule has 0 N–H and O–H groups in total. The molecule has 0 unspecified atom stereocenters. The Labute approximate surface area is 224 Å². The Balaban J connectivity index is 2.27. The van der Waals surface area contributed by atoms with Gasteiger partial charge in [0.2, 0.25) is 0 Å². The van der Waals surface area contributed by atoms with Crippen molar-refractivity contribution in [2.24, 2.45) is 0 Å². The summed E-state index contributed by atoms with van der Waals surface area (Å²) in [6, 6.07) is 12.2. The van der Waals surface area contributed by atoms with E-state index in [1.54, 1.807) is 0 Å². The van der Waals surface area contributed by atoms with Crippen LogP contribution in [0.15, 0.2) is 76.5 Å². The number of carbonyl (C=O) groups is 1. The molecule has 40 heavy (non-hydrogen) atoms. The molecule has 0 aliphatic heterocycles. The van der Waals surface area contributed by atoms with Crippen molar-refractivity contribution in [1.82, 2.24) is 0 Å². The lowest BCUT2D eigenvalue weighted by molar-refractivity contribution is -0.142. The third kappa shape index (κ3) is 4.68. The second kappa shape index (κ2) is 9.77. The summed E-state index contributed by atoms with van der Waals surface area (Å²) in [5.74, 6) is -1.53. The number of alkyl halides is 6. The molecular formula is C26H18F6O6S2. The van der Waals surface area contributed by atoms with Crippen LogP contribution >= 0.6 is 0 Å². The highest BCUT2D eigenvalue weighted by atomic mass is 32.2. The summed E-state index contributed by atoms with van der Waals surface area (Å²) in [6.45, 7) is 1.47. The van der Waals surface area contributed by atoms with Gasteiger partial charge in [0, 0.05) is 11.1 Å². The van der Waals surface area contributed by atoms with Crippen molar-refractivity contribution in [3.63, 3.8) is 0 Å². The van der Waals surface area contributed by atoms with Crippen LogP contribution in [0, 0.1) is 0 Å². The lowest BCUT2D eigenvalue weighted by Crippen LogP contribution is -2.25. The van der Waals surface area contributed by atoms with E-state index in [1.165, 1.54) is 43.3 Å². The van der Waals surface area contributed by atoms with Gasteiger partial charge in [0.05, 0.1) is 22.8 Å². The zero-order valence-electron chi connectivity index (χ0n) is 20.5. The van der Waals surface area contributed by atoms with Crippen molar-refractivity contribution in [1.29, 1.82) is 0 Å². The molecule has 1 atom stereocenters. The standard InChI is InChI=1S/C26H18F6O6S2/c1-14(24(33)38-2)16-7-10-19-17(13-16)9-12-21(40(36,37)26(30,31)32)23(19)22-18-6-4-3-5-15(18)8-11-20(22)39(34,35)25(27,28)29/h3-14H,1-2H3/t14-/m0/s1. The smallest absolute Gasteiger partial charge is 0.469 e. The molecular weight excluding hydrogens is 586 g/mol. The van der Waals surface area contributed by atoms with Crippen LogP contribution in [0.4, 0.5) is 26.3 Å². The summed E-state index contributed by atoms with van der Waals surface area (Å²) >= 11 is 0. The molecule has 0 saturated heterocycles. The Kier molecular flexibility index (Phi) is 7.16. The van der Waals surface area contributed by atoms with Gasteiger partial charge in [-0.05, 0) is 46.2 Å². The van der Waals surface area contributed by atoms with E-state index in [9.17, 15) is 48.0 Å². The lowest BCUT2D eigenvalue weighted by Gasteiger charge is -2.21. The van der Waals surface area contributed by atoms with Crippen molar-refractivity contribution in [3.05, 3.63) is 72.3 Å². The van der Waals surface area contributed by atoms with E-state index < -0.39 is 63.5 Å². The molecule has 0 spiro atoms. The van der Waals surface area contributed by atoms with Gasteiger partial charge < -0.3 is 4.74 Å². The third-order valence-corrected chi connectivity index (χ3v) is 9.45. The van der Waals surface area contributed by atoms with Crippen LogP contribution in [0.25, 0.3) is 32.7 Å². The van der Waals surface area contributed by atoms with E-state index in [0.29, 0.717) is 17.7 Å². The van der Waals surface area contributed by atoms with Crippen molar-refractivity contribution >= 4 is 47.2 Å². The average Bonchev–Trinajstić information content (AvgIpc) is 2.89. The topological polar surface area (TPSA) is 94.6 Å². The second-order valence-electron chi connectivity index (χ2n) is 8.72. The number of ether oxygens (including phenoxy) is 1. The number of rotatable bonds is 5. The minimum Gasteiger partial charge on any atom is -0.469 e. The van der Waals surface area contributed by atoms with Gasteiger partial charge in [0.1, 0.15) is 0 Å². The van der Waals surface area contributed by atoms with Crippen molar-refractivity contribution in [3.8, 4) is 11.1 Å². The maximum Gasteiger partial charge on any atom is 0.501 e. The largest absolute Gasteiger partial charge is 0.501 e. The van der Waals surface area contributed by atoms with Gasteiger partial charge in [0.25, 0.3) is 19.7 Å². The molecule has 0 aliphatic carbocycles. The quantitative estimate of drug-likeness (QED) is 0.190. The Morgan fingerprint density at radius 1 is 0.700 bits per heavy atom. The van der Waals surface area contributed by atoms with Crippen LogP contribution in [0.3, 0.4) is 0 Å². The molecule has 4 aromatic carbocycles. The maximum atomic E-state index is 13.8. The zero-order valence-corrected chi connectivity index (χ0v) is 22.1. The molecule has 6 nitrogen and oxygen atoms in total. The van der Waals surface area contributed by atoms with E-state index in [-0.39, 0.29) is 21.5 Å². The van der Waals surface area contributed by atoms with Crippen LogP contribution in [0.2, 0.25) is 0 Å². The Hall–Kier alpha value is -3.65. The van der Waals surface area contributed by atoms with E-state index in [2.05, 4.69) is 4.74 Å². The highest BCUT2D eigenvalue weighted by molar-refractivity contribution is 7.93. The number of benzene rings is 4. The second-order valence-corrected chi connectivity index (χ2v) is 12.5. The van der Waals surface area contributed by atoms with Crippen LogP contribution in [-0.4, -0.2) is 40.9 Å². The van der Waals surface area contributed by atoms with Crippen molar-refractivity contribution in [2.75, 3.05) is 7.11 Å². The lowest BCUT2D eigenvalue weighted by atomic mass is 9.91. The Morgan fingerprint density at radius 3 is 1.68 bits per heavy atom. The maximum absolute atomic E-state index is 13.8. The number of fused-ring (bicyclic) bond motifs is 2. The molecule has 0 amide bonds. The normalized spacial score (nSPS) is 13.9. The molecule has 4 rings (SSSR count). The van der Waals surface area contributed by atoms with Crippen molar-refractivity contribution in [2.45, 2.75) is 33.6 Å². The number of esters is 1. The first-order chi connectivity index (χ1) is 18.4. The zero-order chi connectivity index (χ0) is 29.8. The van der Waals surface area contributed by atoms with Gasteiger partial charge in [-0.15, -0.1) is 0 Å². The van der Waals surface area contributed by atoms with Crippen LogP contribution < -0.4 is 0 Å². The van der Waals surface area contributed by atoms with Crippen molar-refractivity contribution < 1.29 is 52.7 Å². The number of hydrogen-bond acceptors (Lipinski definition) is 6. The summed E-state index contributed by atoms with van der Waals surface area (Å²) in [7, 11) is -11.3. The first-order valence-electron chi connectivity index (χ1n) is 11.2. The minimum atomic E-state index is -6.21. The van der Waals surface area contributed by atoms with Crippen LogP contribution in [0.5, 0.6) is 0 Å². The molecule has 0 saturated carbocycles. The highest BCUT2D eigenvalue weighted by Gasteiger charge is 2.51. The average molecular weight is 605 g/mol. The fourth-order valence-corrected chi connectivity index (χ4v) is 6.33. The number of methoxy groups -OCH3 is 1. The van der Waals surface area contributed by atoms with Crippen LogP contribution in [0.1, 0.15) is 18.4 Å². The third-order valence-electron chi connectivity index (χ3n) is 6.39. The fraction of sp³-hybridized carbons (Fsp3) is 0.192. The fourth-order valence-electron chi connectivity index (χ4n) is 4.38. The molecule has 212 valence electrons. The van der Waals surface area contributed by atoms with Gasteiger partial charge in [0.15, 0.2) is 0 Å². The van der Waals surface area contributed by atoms with Gasteiger partial charge in [-0.25, -0.2) is 16.8 Å². The monoisotopic (exact) mass is 604 g/mol. The van der Waals surface area contributed by atoms with Gasteiger partial charge >= 0.3 is 17.0 Å². The molecule has 0 heterocycles. The summed E-state index contributed by atoms with van der Waals surface area (Å²) in [4.78, 5) is 9.17. The SMILES string of the molecule is COC(=O)[C@@H](C)c1ccc2c(-c3c(S(=O)(=O)C(F)(F)F)ccc4ccccc34)c(S(=O)(=O)C(F)(F)F)ccc2c1. The molecule has 0 fully saturated rings. The molecule has 0 bridgehead atoms. The number of hydrogen-bond donors (Lipinski definition) is 0. The van der Waals surface area contributed by atoms with Gasteiger partial charge in [-0.2, -0.15) is 26.3 Å². The van der Waals surface area contributed by atoms with Gasteiger partial charge in [-0.3, -0.25) is 4.79 Å². The van der Waals surface area contributed by atoms with E-state index in [0.717, 1.165) is 25.3 Å². The van der Waals surface area contributed by atoms with E-state index >= 15 is 0 Å². The van der Waals surface area contributed by atoms with E-state index in [4.69, 9.17) is 0 Å². The molecule has 14 heteroatoms. The minimum absolute atomic E-state index is 0.0349. The Bertz CT molecular complexity index is 1880. The number of sulfone groups is 2. The molecule has 0 aromatic heterocycles. The first-order valence-corrected chi connectivity index (χ1v) is 14.2. The van der Waals surface area contributed by atoms with E-state index in [1.807, 2.05) is 0 Å². The predicted octanol–water partition coefficient (Wildman–Crippen LogP) is 6.52. The Morgan fingerprint density at radius 2 is 1.18 bits per heavy atom. The summed E-state index contributed by atoms with van der Waals surface area (Å²) in [5.41, 5.74) is -13.2. The van der Waals surface area contributed by atoms with Crippen LogP contribution in [-0.2, 0) is 29.2 Å².